The number of aromatic amines is 1. The fourth-order valence-electron chi connectivity index (χ4n) is 5.71. The van der Waals surface area contributed by atoms with Crippen LogP contribution in [0.2, 0.25) is 0 Å². The van der Waals surface area contributed by atoms with Gasteiger partial charge in [0.2, 0.25) is 5.95 Å². The normalized spacial score (nSPS) is 37.2. The number of imidazole rings is 2. The molecule has 248 valence electrons. The summed E-state index contributed by atoms with van der Waals surface area (Å²) in [6.45, 7) is -1.57. The van der Waals surface area contributed by atoms with Crippen molar-refractivity contribution in [2.75, 3.05) is 30.8 Å². The first-order valence-electron chi connectivity index (χ1n) is 13.4. The van der Waals surface area contributed by atoms with E-state index < -0.39 is 95.3 Å². The third-order valence-electron chi connectivity index (χ3n) is 7.77. The number of anilines is 2. The van der Waals surface area contributed by atoms with Gasteiger partial charge >= 0.3 is 21.5 Å². The number of aromatic nitrogens is 8. The van der Waals surface area contributed by atoms with Crippen LogP contribution in [0.25, 0.3) is 22.3 Å². The van der Waals surface area contributed by atoms with Crippen molar-refractivity contribution in [2.24, 2.45) is 5.92 Å². The number of rotatable bonds is 2. The summed E-state index contributed by atoms with van der Waals surface area (Å²) in [5, 5.41) is 22.2. The summed E-state index contributed by atoms with van der Waals surface area (Å²) in [7, 11) is -9.76. The number of hydrogen-bond donors (Lipinski definition) is 7. The third kappa shape index (κ3) is 5.38. The van der Waals surface area contributed by atoms with E-state index in [0.29, 0.717) is 0 Å². The Hall–Kier alpha value is -3.47. The molecule has 7 heterocycles. The van der Waals surface area contributed by atoms with E-state index >= 15 is 0 Å². The lowest BCUT2D eigenvalue weighted by Crippen LogP contribution is -2.36. The summed E-state index contributed by atoms with van der Waals surface area (Å²) in [6.07, 6.45) is -10.5. The predicted molar refractivity (Wildman–Crippen MR) is 147 cm³/mol. The van der Waals surface area contributed by atoms with Crippen LogP contribution in [0.3, 0.4) is 0 Å². The molecule has 0 amide bonds. The second-order valence-electron chi connectivity index (χ2n) is 10.7. The molecule has 3 saturated heterocycles. The average Bonchev–Trinajstić information content (AvgIpc) is 3.72. The number of H-pyrrole nitrogens is 1. The standard InChI is InChI=1S/C21H25FN10O12P2/c22-20-27-14(23)9-15(28-20)32(4-25-9)19-12(34)13-8(43-19)2-40-45(36,37)3-6-11(33)7(1-41-46(38,39)44-13)42-18(6)31-5-26-10-16(31)29-21(24)30-17(10)35/h4-8,11-13,18-19,33-34H,1-3H2,(H,36,37)(H,38,39)(H2,23,27,28)(H3,24,29,30,35)/t6-,7-,8-,11+,12-,13-,18-,19-/m1/s1. The molecule has 4 aromatic rings. The Morgan fingerprint density at radius 3 is 2.33 bits per heavy atom. The average molecular weight is 690 g/mol. The Morgan fingerprint density at radius 1 is 0.913 bits per heavy atom. The molecule has 4 aromatic heterocycles. The van der Waals surface area contributed by atoms with Crippen molar-refractivity contribution >= 4 is 49.5 Å². The fraction of sp³-hybridized carbons (Fsp3) is 0.524. The smallest absolute Gasteiger partial charge is 0.390 e. The van der Waals surface area contributed by atoms with E-state index in [4.69, 9.17) is 34.5 Å². The minimum Gasteiger partial charge on any atom is -0.390 e. The molecule has 3 aliphatic heterocycles. The summed E-state index contributed by atoms with van der Waals surface area (Å²) in [5.74, 6) is -1.82. The van der Waals surface area contributed by atoms with Gasteiger partial charge in [-0.2, -0.15) is 19.3 Å². The highest BCUT2D eigenvalue weighted by Gasteiger charge is 2.53. The molecule has 9 N–H and O–H groups in total. The predicted octanol–water partition coefficient (Wildman–Crippen LogP) is -1.89. The van der Waals surface area contributed by atoms with E-state index in [1.54, 1.807) is 0 Å². The number of aliphatic hydroxyl groups excluding tert-OH is 2. The number of phosphoric acid groups is 1. The maximum atomic E-state index is 14.0. The molecule has 2 unspecified atom stereocenters. The lowest BCUT2D eigenvalue weighted by Gasteiger charge is -2.25. The number of phosphoric ester groups is 1. The Labute approximate surface area is 254 Å². The maximum Gasteiger partial charge on any atom is 0.472 e. The molecule has 7 rings (SSSR count). The van der Waals surface area contributed by atoms with Gasteiger partial charge in [0, 0.05) is 5.92 Å². The molecule has 0 aromatic carbocycles. The number of fused-ring (bicyclic) bond motifs is 5. The molecular weight excluding hydrogens is 665 g/mol. The van der Waals surface area contributed by atoms with Gasteiger partial charge in [-0.25, -0.2) is 14.5 Å². The van der Waals surface area contributed by atoms with Crippen molar-refractivity contribution in [3.63, 3.8) is 0 Å². The van der Waals surface area contributed by atoms with Gasteiger partial charge in [0.05, 0.1) is 38.1 Å². The summed E-state index contributed by atoms with van der Waals surface area (Å²) in [6, 6.07) is 0. The van der Waals surface area contributed by atoms with Gasteiger partial charge in [-0.15, -0.1) is 0 Å². The van der Waals surface area contributed by atoms with Gasteiger partial charge in [-0.05, 0) is 0 Å². The molecule has 2 bridgehead atoms. The number of ether oxygens (including phenoxy) is 2. The van der Waals surface area contributed by atoms with Gasteiger partial charge in [0.1, 0.15) is 30.6 Å². The van der Waals surface area contributed by atoms with Crippen LogP contribution < -0.4 is 17.0 Å². The molecule has 3 fully saturated rings. The van der Waals surface area contributed by atoms with Crippen LogP contribution in [-0.4, -0.2) is 109 Å². The lowest BCUT2D eigenvalue weighted by atomic mass is 10.0. The Morgan fingerprint density at radius 2 is 1.57 bits per heavy atom. The van der Waals surface area contributed by atoms with Crippen molar-refractivity contribution in [3.05, 3.63) is 29.1 Å². The number of nitrogens with one attached hydrogen (secondary N) is 1. The van der Waals surface area contributed by atoms with E-state index in [-0.39, 0.29) is 34.1 Å². The van der Waals surface area contributed by atoms with Gasteiger partial charge in [-0.1, -0.05) is 0 Å². The van der Waals surface area contributed by atoms with Gasteiger partial charge < -0.3 is 45.5 Å². The topological polar surface area (TPSA) is 320 Å². The van der Waals surface area contributed by atoms with Crippen LogP contribution in [0.4, 0.5) is 16.2 Å². The van der Waals surface area contributed by atoms with E-state index in [9.17, 15) is 38.3 Å². The van der Waals surface area contributed by atoms with Crippen molar-refractivity contribution in [3.8, 4) is 0 Å². The first-order valence-corrected chi connectivity index (χ1v) is 16.6. The lowest BCUT2D eigenvalue weighted by molar-refractivity contribution is -0.0558. The molecule has 10 atom stereocenters. The molecule has 22 nitrogen and oxygen atoms in total. The number of aliphatic hydroxyl groups is 2. The van der Waals surface area contributed by atoms with Crippen molar-refractivity contribution in [1.29, 1.82) is 0 Å². The van der Waals surface area contributed by atoms with Crippen LogP contribution in [0.15, 0.2) is 17.4 Å². The van der Waals surface area contributed by atoms with Gasteiger partial charge in [0.25, 0.3) is 5.56 Å². The molecule has 25 heteroatoms. The molecule has 3 aliphatic rings. The zero-order chi connectivity index (χ0) is 32.7. The molecular formula is C21H25FN10O12P2. The van der Waals surface area contributed by atoms with Crippen molar-refractivity contribution < 1.29 is 56.6 Å². The number of hydrogen-bond acceptors (Lipinski definition) is 17. The highest BCUT2D eigenvalue weighted by molar-refractivity contribution is 7.52. The van der Waals surface area contributed by atoms with E-state index in [0.717, 1.165) is 17.2 Å². The minimum absolute atomic E-state index is 0.0377. The number of halogens is 1. The number of nitrogens with zero attached hydrogens (tertiary/aromatic N) is 7. The monoisotopic (exact) mass is 690 g/mol. The van der Waals surface area contributed by atoms with Crippen LogP contribution >= 0.6 is 15.4 Å². The Kier molecular flexibility index (Phi) is 7.49. The highest BCUT2D eigenvalue weighted by Crippen LogP contribution is 2.54. The second kappa shape index (κ2) is 11.1. The van der Waals surface area contributed by atoms with Crippen LogP contribution in [-0.2, 0) is 32.2 Å². The maximum absolute atomic E-state index is 14.0. The first-order chi connectivity index (χ1) is 21.7. The number of nitrogens with two attached hydrogens (primary N) is 2. The molecule has 0 aliphatic carbocycles. The molecule has 0 spiro atoms. The second-order valence-corrected chi connectivity index (χ2v) is 14.0. The minimum atomic E-state index is -5.09. The highest BCUT2D eigenvalue weighted by atomic mass is 31.2. The Bertz CT molecular complexity index is 1990. The molecule has 0 radical (unpaired) electrons. The third-order valence-corrected chi connectivity index (χ3v) is 10.2. The van der Waals surface area contributed by atoms with Gasteiger partial charge in [0.15, 0.2) is 34.4 Å². The van der Waals surface area contributed by atoms with Crippen LogP contribution in [0, 0.1) is 12.0 Å². The quantitative estimate of drug-likeness (QED) is 0.0893. The van der Waals surface area contributed by atoms with Crippen molar-refractivity contribution in [1.82, 2.24) is 39.0 Å². The van der Waals surface area contributed by atoms with Crippen molar-refractivity contribution in [2.45, 2.75) is 43.0 Å². The fourth-order valence-corrected chi connectivity index (χ4v) is 8.09. The van der Waals surface area contributed by atoms with E-state index in [1.165, 1.54) is 4.57 Å². The zero-order valence-corrected chi connectivity index (χ0v) is 24.8. The van der Waals surface area contributed by atoms with E-state index in [1.807, 2.05) is 0 Å². The summed E-state index contributed by atoms with van der Waals surface area (Å²) in [4.78, 5) is 55.1. The Balaban J connectivity index is 1.21. The van der Waals surface area contributed by atoms with Crippen LogP contribution in [0.1, 0.15) is 12.5 Å². The summed E-state index contributed by atoms with van der Waals surface area (Å²) < 4.78 is 70.1. The van der Waals surface area contributed by atoms with E-state index in [2.05, 4.69) is 29.9 Å². The summed E-state index contributed by atoms with van der Waals surface area (Å²) in [5.41, 5.74) is 10.3. The molecule has 46 heavy (non-hydrogen) atoms. The SMILES string of the molecule is Nc1nc2c(ncn2[C@@H]2O[C@@H]3COP(=O)(O)O[C@H]4[C@@H](O)[C@H](n5cnc6c(N)nc(F)nc65)O[C@@H]4COP(=O)(O)C[C@@H]2[C@@H]3O)c(=O)[nH]1. The number of nitrogen functional groups attached to an aromatic ring is 2. The van der Waals surface area contributed by atoms with Gasteiger partial charge in [-0.3, -0.25) is 32.5 Å². The molecule has 0 saturated carbocycles. The van der Waals surface area contributed by atoms with Crippen LogP contribution in [0.5, 0.6) is 0 Å². The zero-order valence-electron chi connectivity index (χ0n) is 23.0. The largest absolute Gasteiger partial charge is 0.472 e. The first kappa shape index (κ1) is 31.1. The summed E-state index contributed by atoms with van der Waals surface area (Å²) >= 11 is 0.